The number of ether oxygens (including phenoxy) is 1. The van der Waals surface area contributed by atoms with Crippen molar-refractivity contribution < 1.29 is 13.2 Å². The van der Waals surface area contributed by atoms with Crippen LogP contribution in [-0.4, -0.2) is 81.0 Å². The molecule has 1 spiro atoms. The fraction of sp³-hybridized carbons (Fsp3) is 0.625. The van der Waals surface area contributed by atoms with Crippen molar-refractivity contribution in [3.8, 4) is 5.75 Å². The third kappa shape index (κ3) is 4.17. The monoisotopic (exact) mass is 583 g/mol. The Kier molecular flexibility index (Phi) is 6.60. The number of likely N-dealkylation sites (tertiary alicyclic amines) is 2. The maximum Gasteiger partial charge on any atom is 0.243 e. The first-order valence-electron chi connectivity index (χ1n) is 15.1. The summed E-state index contributed by atoms with van der Waals surface area (Å²) in [6.45, 7) is 6.67. The number of hydrogen-bond donors (Lipinski definition) is 0. The number of hydrogen-bond acceptors (Lipinski definition) is 5. The molecule has 2 aromatic rings. The van der Waals surface area contributed by atoms with Gasteiger partial charge in [0.15, 0.2) is 0 Å². The van der Waals surface area contributed by atoms with Crippen molar-refractivity contribution in [3.05, 3.63) is 58.6 Å². The molecule has 8 heteroatoms. The second-order valence-corrected chi connectivity index (χ2v) is 15.7. The van der Waals surface area contributed by atoms with Gasteiger partial charge < -0.3 is 14.5 Å². The molecule has 2 saturated carbocycles. The Morgan fingerprint density at radius 2 is 1.75 bits per heavy atom. The lowest BCUT2D eigenvalue weighted by molar-refractivity contribution is -0.0471. The van der Waals surface area contributed by atoms with E-state index >= 15 is 0 Å². The van der Waals surface area contributed by atoms with Crippen LogP contribution in [0.2, 0.25) is 5.02 Å². The molecule has 6 nitrogen and oxygen atoms in total. The quantitative estimate of drug-likeness (QED) is 0.428. The predicted molar refractivity (Wildman–Crippen MR) is 159 cm³/mol. The number of piperidine rings is 1. The van der Waals surface area contributed by atoms with Gasteiger partial charge in [0.05, 0.1) is 12.0 Å². The molecule has 2 bridgehead atoms. The molecule has 0 N–H and O–H groups in total. The number of sulfonamides is 1. The number of benzene rings is 2. The van der Waals surface area contributed by atoms with Crippen molar-refractivity contribution in [2.75, 3.05) is 40.3 Å². The van der Waals surface area contributed by atoms with Crippen molar-refractivity contribution in [1.82, 2.24) is 14.1 Å². The lowest BCUT2D eigenvalue weighted by Gasteiger charge is -2.54. The van der Waals surface area contributed by atoms with E-state index in [1.54, 1.807) is 31.4 Å². The molecular formula is C32H42ClN3O3S. The molecule has 5 aliphatic rings. The molecule has 2 aromatic carbocycles. The summed E-state index contributed by atoms with van der Waals surface area (Å²) in [5.41, 5.74) is 3.65. The van der Waals surface area contributed by atoms with E-state index in [0.717, 1.165) is 57.5 Å². The van der Waals surface area contributed by atoms with Gasteiger partial charge in [-0.25, -0.2) is 8.42 Å². The standard InChI is InChI=1S/C32H42ClN3O3S/c1-22-30-31(21-34(30)2)19-23-4-9-27(39-3)18-29(23)32(22,20-31)14-17-35-15-12-26(13-16-35)36(25-7-8-25)40(37,38)28-10-5-24(33)6-11-28/h4-6,9-11,18,22,25-26,30H,7-8,12-17,19-21H2,1-3H3/t22-,30?,31?,32-/m0/s1. The van der Waals surface area contributed by atoms with Gasteiger partial charge in [-0.05, 0) is 125 Å². The summed E-state index contributed by atoms with van der Waals surface area (Å²) in [5, 5.41) is 0.561. The molecule has 2 saturated heterocycles. The van der Waals surface area contributed by atoms with E-state index in [4.69, 9.17) is 16.3 Å². The van der Waals surface area contributed by atoms with Gasteiger partial charge in [0.2, 0.25) is 10.0 Å². The van der Waals surface area contributed by atoms with Crippen LogP contribution in [0.5, 0.6) is 5.75 Å². The number of halogens is 1. The zero-order valence-corrected chi connectivity index (χ0v) is 25.6. The van der Waals surface area contributed by atoms with Gasteiger partial charge in [-0.3, -0.25) is 0 Å². The first kappa shape index (κ1) is 27.2. The molecule has 7 rings (SSSR count). The molecule has 216 valence electrons. The van der Waals surface area contributed by atoms with Crippen molar-refractivity contribution in [3.63, 3.8) is 0 Å². The Morgan fingerprint density at radius 1 is 1.05 bits per heavy atom. The number of fused-ring (bicyclic) bond motifs is 3. The van der Waals surface area contributed by atoms with Crippen molar-refractivity contribution in [2.45, 2.75) is 80.3 Å². The van der Waals surface area contributed by atoms with Crippen LogP contribution in [-0.2, 0) is 21.9 Å². The molecule has 2 aliphatic heterocycles. The minimum absolute atomic E-state index is 0.0698. The lowest BCUT2D eigenvalue weighted by Crippen LogP contribution is -2.62. The van der Waals surface area contributed by atoms with Gasteiger partial charge >= 0.3 is 0 Å². The van der Waals surface area contributed by atoms with Crippen molar-refractivity contribution in [2.24, 2.45) is 11.3 Å². The van der Waals surface area contributed by atoms with E-state index in [0.29, 0.717) is 27.3 Å². The van der Waals surface area contributed by atoms with E-state index in [9.17, 15) is 8.42 Å². The van der Waals surface area contributed by atoms with Crippen molar-refractivity contribution in [1.29, 1.82) is 0 Å². The van der Waals surface area contributed by atoms with Gasteiger partial charge in [0.1, 0.15) is 5.75 Å². The number of methoxy groups -OCH3 is 1. The fourth-order valence-electron chi connectivity index (χ4n) is 9.40. The highest BCUT2D eigenvalue weighted by Gasteiger charge is 2.68. The molecule has 2 unspecified atom stereocenters. The summed E-state index contributed by atoms with van der Waals surface area (Å²) >= 11 is 6.05. The minimum atomic E-state index is -3.53. The van der Waals surface area contributed by atoms with E-state index in [1.165, 1.54) is 30.5 Å². The fourth-order valence-corrected chi connectivity index (χ4v) is 11.5. The molecule has 4 atom stereocenters. The zero-order valence-electron chi connectivity index (χ0n) is 24.0. The Bertz CT molecular complexity index is 1390. The SMILES string of the molecule is COc1ccc2c(c1)[C@@]1(CCN3CCC(N(C4CC4)S(=O)(=O)c4ccc(Cl)cc4)CC3)CC3(C2)CN(C)C3[C@@H]1C. The Hall–Kier alpha value is -1.64. The largest absolute Gasteiger partial charge is 0.497 e. The Balaban J connectivity index is 1.07. The van der Waals surface area contributed by atoms with Gasteiger partial charge in [0.25, 0.3) is 0 Å². The summed E-state index contributed by atoms with van der Waals surface area (Å²) in [6.07, 6.45) is 7.35. The van der Waals surface area contributed by atoms with Gasteiger partial charge in [-0.1, -0.05) is 24.6 Å². The molecule has 4 fully saturated rings. The van der Waals surface area contributed by atoms with E-state index in [-0.39, 0.29) is 17.5 Å². The van der Waals surface area contributed by atoms with Gasteiger partial charge in [-0.15, -0.1) is 0 Å². The molecule has 2 heterocycles. The minimum Gasteiger partial charge on any atom is -0.497 e. The second kappa shape index (κ2) is 9.70. The molecule has 0 aromatic heterocycles. The topological polar surface area (TPSA) is 53.1 Å². The molecular weight excluding hydrogens is 542 g/mol. The maximum absolute atomic E-state index is 13.7. The number of rotatable bonds is 8. The third-order valence-corrected chi connectivity index (χ3v) is 13.4. The average molecular weight is 584 g/mol. The van der Waals surface area contributed by atoms with E-state index in [1.807, 2.05) is 4.31 Å². The summed E-state index contributed by atoms with van der Waals surface area (Å²) in [7, 11) is 0.552. The van der Waals surface area contributed by atoms with Crippen LogP contribution in [0.3, 0.4) is 0 Å². The first-order chi connectivity index (χ1) is 19.2. The van der Waals surface area contributed by atoms with E-state index in [2.05, 4.69) is 42.0 Å². The summed E-state index contributed by atoms with van der Waals surface area (Å²) < 4.78 is 34.9. The highest BCUT2D eigenvalue weighted by atomic mass is 35.5. The highest BCUT2D eigenvalue weighted by molar-refractivity contribution is 7.89. The van der Waals surface area contributed by atoms with Crippen LogP contribution < -0.4 is 4.74 Å². The first-order valence-corrected chi connectivity index (χ1v) is 16.9. The number of nitrogens with zero attached hydrogens (tertiary/aromatic N) is 3. The Labute approximate surface area is 244 Å². The predicted octanol–water partition coefficient (Wildman–Crippen LogP) is 5.19. The maximum atomic E-state index is 13.7. The van der Waals surface area contributed by atoms with Gasteiger partial charge in [0, 0.05) is 40.5 Å². The lowest BCUT2D eigenvalue weighted by atomic mass is 9.61. The van der Waals surface area contributed by atoms with Gasteiger partial charge in [-0.2, -0.15) is 4.31 Å². The molecule has 0 amide bonds. The van der Waals surface area contributed by atoms with Crippen LogP contribution in [0.15, 0.2) is 47.4 Å². The zero-order chi connectivity index (χ0) is 27.9. The van der Waals surface area contributed by atoms with Crippen molar-refractivity contribution >= 4 is 21.6 Å². The highest BCUT2D eigenvalue weighted by Crippen LogP contribution is 2.67. The smallest absolute Gasteiger partial charge is 0.243 e. The van der Waals surface area contributed by atoms with Crippen LogP contribution >= 0.6 is 11.6 Å². The second-order valence-electron chi connectivity index (χ2n) is 13.4. The normalized spacial score (nSPS) is 32.5. The average Bonchev–Trinajstić information content (AvgIpc) is 3.74. The van der Waals surface area contributed by atoms with E-state index < -0.39 is 10.0 Å². The molecule has 0 radical (unpaired) electrons. The van der Waals surface area contributed by atoms with Crippen LogP contribution in [0.1, 0.15) is 56.6 Å². The summed E-state index contributed by atoms with van der Waals surface area (Å²) in [4.78, 5) is 5.55. The summed E-state index contributed by atoms with van der Waals surface area (Å²) in [6, 6.07) is 14.3. The molecule has 40 heavy (non-hydrogen) atoms. The third-order valence-electron chi connectivity index (χ3n) is 11.2. The molecule has 3 aliphatic carbocycles. The summed E-state index contributed by atoms with van der Waals surface area (Å²) in [5.74, 6) is 1.57. The van der Waals surface area contributed by atoms with Crippen LogP contribution in [0, 0.1) is 11.3 Å². The van der Waals surface area contributed by atoms with Crippen LogP contribution in [0.4, 0.5) is 0 Å². The van der Waals surface area contributed by atoms with Crippen LogP contribution in [0.25, 0.3) is 0 Å². The Morgan fingerprint density at radius 3 is 2.40 bits per heavy atom.